The monoisotopic (exact) mass is 316 g/mol. The first-order valence-corrected chi connectivity index (χ1v) is 8.60. The van der Waals surface area contributed by atoms with Crippen molar-refractivity contribution in [2.45, 2.75) is 33.2 Å². The second kappa shape index (κ2) is 6.10. The Morgan fingerprint density at radius 2 is 2.05 bits per heavy atom. The van der Waals surface area contributed by atoms with Crippen molar-refractivity contribution in [2.24, 2.45) is 5.92 Å². The van der Waals surface area contributed by atoms with Crippen LogP contribution in [0.15, 0.2) is 6.20 Å². The van der Waals surface area contributed by atoms with Crippen molar-refractivity contribution in [2.75, 3.05) is 18.8 Å². The third-order valence-electron chi connectivity index (χ3n) is 3.89. The summed E-state index contributed by atoms with van der Waals surface area (Å²) in [5.74, 6) is 0.426. The van der Waals surface area contributed by atoms with Gasteiger partial charge in [-0.3, -0.25) is 14.8 Å². The van der Waals surface area contributed by atoms with Crippen molar-refractivity contribution in [1.82, 2.24) is 14.1 Å². The van der Waals surface area contributed by atoms with Crippen LogP contribution in [0.1, 0.15) is 25.5 Å². The topological polar surface area (TPSA) is 98.3 Å². The van der Waals surface area contributed by atoms with Crippen molar-refractivity contribution in [3.05, 3.63) is 22.0 Å². The van der Waals surface area contributed by atoms with Crippen molar-refractivity contribution >= 4 is 15.7 Å². The largest absolute Gasteiger partial charge is 0.309 e. The molecule has 0 bridgehead atoms. The number of nitrogens with zero attached hydrogens (tertiary/aromatic N) is 4. The van der Waals surface area contributed by atoms with E-state index in [0.717, 1.165) is 12.8 Å². The molecule has 9 heteroatoms. The fourth-order valence-electron chi connectivity index (χ4n) is 2.60. The molecule has 0 unspecified atom stereocenters. The van der Waals surface area contributed by atoms with Gasteiger partial charge in [0, 0.05) is 19.6 Å². The van der Waals surface area contributed by atoms with Gasteiger partial charge in [0.2, 0.25) is 10.0 Å². The average Bonchev–Trinajstić information content (AvgIpc) is 2.80. The van der Waals surface area contributed by atoms with E-state index in [-0.39, 0.29) is 11.4 Å². The molecule has 1 fully saturated rings. The Bertz CT molecular complexity index is 617. The number of sulfonamides is 1. The maximum absolute atomic E-state index is 11.8. The molecule has 0 atom stereocenters. The van der Waals surface area contributed by atoms with Crippen LogP contribution in [0.25, 0.3) is 0 Å². The maximum atomic E-state index is 11.8. The van der Waals surface area contributed by atoms with Crippen LogP contribution in [0.5, 0.6) is 0 Å². The van der Waals surface area contributed by atoms with Crippen LogP contribution >= 0.6 is 0 Å². The van der Waals surface area contributed by atoms with E-state index in [0.29, 0.717) is 31.2 Å². The highest BCUT2D eigenvalue weighted by molar-refractivity contribution is 7.89. The van der Waals surface area contributed by atoms with Gasteiger partial charge in [0.25, 0.3) is 0 Å². The molecule has 0 aromatic carbocycles. The molecule has 1 aliphatic heterocycles. The van der Waals surface area contributed by atoms with E-state index in [1.165, 1.54) is 10.5 Å². The quantitative estimate of drug-likeness (QED) is 0.599. The second-order valence-electron chi connectivity index (χ2n) is 5.32. The van der Waals surface area contributed by atoms with Crippen molar-refractivity contribution in [3.8, 4) is 0 Å². The van der Waals surface area contributed by atoms with Crippen LogP contribution in [-0.2, 0) is 16.6 Å². The number of hydrogen-bond acceptors (Lipinski definition) is 5. The van der Waals surface area contributed by atoms with E-state index >= 15 is 0 Å². The molecule has 1 aromatic heterocycles. The zero-order chi connectivity index (χ0) is 15.6. The molecule has 2 heterocycles. The molecular formula is C12H20N4O4S. The summed E-state index contributed by atoms with van der Waals surface area (Å²) in [6.07, 6.45) is 2.96. The van der Waals surface area contributed by atoms with Crippen LogP contribution in [-0.4, -0.2) is 46.3 Å². The van der Waals surface area contributed by atoms with Crippen LogP contribution < -0.4 is 0 Å². The smallest absolute Gasteiger partial charge is 0.265 e. The lowest BCUT2D eigenvalue weighted by atomic mass is 9.98. The highest BCUT2D eigenvalue weighted by Crippen LogP contribution is 2.23. The first-order chi connectivity index (χ1) is 9.83. The lowest BCUT2D eigenvalue weighted by molar-refractivity contribution is -0.385. The fraction of sp³-hybridized carbons (Fsp3) is 0.750. The van der Waals surface area contributed by atoms with Crippen LogP contribution in [0, 0.1) is 23.0 Å². The van der Waals surface area contributed by atoms with Crippen LogP contribution in [0.4, 0.5) is 5.69 Å². The molecule has 21 heavy (non-hydrogen) atoms. The van der Waals surface area contributed by atoms with Gasteiger partial charge in [0.05, 0.1) is 10.7 Å². The fourth-order valence-corrected chi connectivity index (χ4v) is 3.73. The Hall–Kier alpha value is -1.48. The van der Waals surface area contributed by atoms with Crippen LogP contribution in [0.3, 0.4) is 0 Å². The van der Waals surface area contributed by atoms with E-state index in [1.807, 2.05) is 0 Å². The SMILES string of the molecule is CCS(=O)(=O)N1CCC(Cn2cc([N+](=O)[O-])c(C)n2)CC1. The summed E-state index contributed by atoms with van der Waals surface area (Å²) in [4.78, 5) is 10.4. The van der Waals surface area contributed by atoms with E-state index in [9.17, 15) is 18.5 Å². The molecule has 1 aromatic rings. The molecule has 8 nitrogen and oxygen atoms in total. The van der Waals surface area contributed by atoms with Gasteiger partial charge in [-0.15, -0.1) is 0 Å². The van der Waals surface area contributed by atoms with E-state index in [2.05, 4.69) is 5.10 Å². The zero-order valence-electron chi connectivity index (χ0n) is 12.2. The van der Waals surface area contributed by atoms with Crippen molar-refractivity contribution in [3.63, 3.8) is 0 Å². The van der Waals surface area contributed by atoms with Gasteiger partial charge in [-0.2, -0.15) is 5.10 Å². The molecule has 118 valence electrons. The van der Waals surface area contributed by atoms with Gasteiger partial charge in [0.15, 0.2) is 0 Å². The number of hydrogen-bond donors (Lipinski definition) is 0. The lowest BCUT2D eigenvalue weighted by Gasteiger charge is -2.30. The summed E-state index contributed by atoms with van der Waals surface area (Å²) in [7, 11) is -3.11. The molecule has 2 rings (SSSR count). The summed E-state index contributed by atoms with van der Waals surface area (Å²) in [5, 5.41) is 14.9. The maximum Gasteiger partial charge on any atom is 0.309 e. The Labute approximate surface area is 123 Å². The Balaban J connectivity index is 1.95. The first kappa shape index (κ1) is 15.9. The normalized spacial score (nSPS) is 18.0. The highest BCUT2D eigenvalue weighted by atomic mass is 32.2. The molecule has 1 aliphatic rings. The number of aryl methyl sites for hydroxylation is 1. The Morgan fingerprint density at radius 3 is 2.52 bits per heavy atom. The summed E-state index contributed by atoms with van der Waals surface area (Å²) < 4.78 is 26.7. The van der Waals surface area contributed by atoms with Crippen molar-refractivity contribution < 1.29 is 13.3 Å². The van der Waals surface area contributed by atoms with Gasteiger partial charge in [-0.05, 0) is 32.6 Å². The number of piperidine rings is 1. The third-order valence-corrected chi connectivity index (χ3v) is 5.78. The Kier molecular flexibility index (Phi) is 4.62. The van der Waals surface area contributed by atoms with Gasteiger partial charge in [-0.25, -0.2) is 12.7 Å². The third kappa shape index (κ3) is 3.59. The van der Waals surface area contributed by atoms with Crippen LogP contribution in [0.2, 0.25) is 0 Å². The number of nitro groups is 1. The lowest BCUT2D eigenvalue weighted by Crippen LogP contribution is -2.40. The minimum absolute atomic E-state index is 0.0287. The summed E-state index contributed by atoms with van der Waals surface area (Å²) in [5.41, 5.74) is 0.437. The highest BCUT2D eigenvalue weighted by Gasteiger charge is 2.27. The zero-order valence-corrected chi connectivity index (χ0v) is 13.0. The summed E-state index contributed by atoms with van der Waals surface area (Å²) in [6.45, 7) is 4.89. The number of aromatic nitrogens is 2. The van der Waals surface area contributed by atoms with Gasteiger partial charge in [0.1, 0.15) is 11.9 Å². The molecule has 0 N–H and O–H groups in total. The minimum Gasteiger partial charge on any atom is -0.265 e. The molecule has 0 saturated carbocycles. The van der Waals surface area contributed by atoms with Gasteiger partial charge in [-0.1, -0.05) is 0 Å². The molecule has 0 radical (unpaired) electrons. The standard InChI is InChI=1S/C12H20N4O4S/c1-3-21(19,20)15-6-4-11(5-7-15)8-14-9-12(16(17)18)10(2)13-14/h9,11H,3-8H2,1-2H3. The molecule has 1 saturated heterocycles. The molecule has 0 spiro atoms. The molecule has 0 aliphatic carbocycles. The minimum atomic E-state index is -3.11. The predicted octanol–water partition coefficient (Wildman–Crippen LogP) is 1.16. The molecular weight excluding hydrogens is 296 g/mol. The first-order valence-electron chi connectivity index (χ1n) is 6.99. The molecule has 0 amide bonds. The van der Waals surface area contributed by atoms with E-state index in [4.69, 9.17) is 0 Å². The summed E-state index contributed by atoms with van der Waals surface area (Å²) in [6, 6.07) is 0. The summed E-state index contributed by atoms with van der Waals surface area (Å²) >= 11 is 0. The van der Waals surface area contributed by atoms with E-state index < -0.39 is 14.9 Å². The average molecular weight is 316 g/mol. The second-order valence-corrected chi connectivity index (χ2v) is 7.58. The number of rotatable bonds is 5. The van der Waals surface area contributed by atoms with Crippen molar-refractivity contribution in [1.29, 1.82) is 0 Å². The predicted molar refractivity (Wildman–Crippen MR) is 77.4 cm³/mol. The van der Waals surface area contributed by atoms with Gasteiger partial charge < -0.3 is 0 Å². The van der Waals surface area contributed by atoms with Gasteiger partial charge >= 0.3 is 5.69 Å². The van der Waals surface area contributed by atoms with E-state index in [1.54, 1.807) is 18.5 Å². The Morgan fingerprint density at radius 1 is 1.43 bits per heavy atom.